The van der Waals surface area contributed by atoms with Crippen molar-refractivity contribution in [1.82, 2.24) is 4.57 Å². The van der Waals surface area contributed by atoms with Gasteiger partial charge in [0.2, 0.25) is 0 Å². The summed E-state index contributed by atoms with van der Waals surface area (Å²) in [5.41, 5.74) is 25.1. The molecule has 0 spiro atoms. The van der Waals surface area contributed by atoms with E-state index in [1.165, 1.54) is 122 Å². The predicted octanol–water partition coefficient (Wildman–Crippen LogP) is 18.7. The first-order valence-corrected chi connectivity index (χ1v) is 23.9. The van der Waals surface area contributed by atoms with Crippen molar-refractivity contribution in [2.75, 3.05) is 0 Å². The van der Waals surface area contributed by atoms with Crippen LogP contribution in [0.15, 0.2) is 261 Å². The molecule has 12 rings (SSSR count). The molecule has 0 radical (unpaired) electrons. The number of para-hydroxylation sites is 1. The molecule has 1 aromatic heterocycles. The van der Waals surface area contributed by atoms with Crippen LogP contribution >= 0.6 is 0 Å². The van der Waals surface area contributed by atoms with Crippen LogP contribution in [0.2, 0.25) is 0 Å². The molecule has 0 N–H and O–H groups in total. The molecule has 0 aliphatic rings. The lowest BCUT2D eigenvalue weighted by Gasteiger charge is -2.16. The van der Waals surface area contributed by atoms with Crippen LogP contribution in [0, 0.1) is 13.8 Å². The third-order valence-corrected chi connectivity index (χ3v) is 13.6. The largest absolute Gasteiger partial charge is 0.308 e. The molecule has 0 amide bonds. The Hall–Kier alpha value is -8.78. The summed E-state index contributed by atoms with van der Waals surface area (Å²) in [5, 5.41) is 2.49. The van der Waals surface area contributed by atoms with Gasteiger partial charge in [-0.05, 0) is 188 Å². The molecule has 326 valence electrons. The molecule has 0 atom stereocenters. The van der Waals surface area contributed by atoms with Gasteiger partial charge in [-0.25, -0.2) is 0 Å². The van der Waals surface area contributed by atoms with Gasteiger partial charge < -0.3 is 4.57 Å². The molecule has 0 aliphatic heterocycles. The summed E-state index contributed by atoms with van der Waals surface area (Å²) in [7, 11) is 0. The summed E-state index contributed by atoms with van der Waals surface area (Å²) < 4.78 is 2.53. The molecule has 12 aromatic rings. The predicted molar refractivity (Wildman–Crippen MR) is 294 cm³/mol. The van der Waals surface area contributed by atoms with Gasteiger partial charge in [0.25, 0.3) is 0 Å². The first-order valence-electron chi connectivity index (χ1n) is 23.9. The zero-order valence-electron chi connectivity index (χ0n) is 38.8. The van der Waals surface area contributed by atoms with Crippen molar-refractivity contribution in [3.05, 3.63) is 272 Å². The minimum Gasteiger partial charge on any atom is -0.308 e. The smallest absolute Gasteiger partial charge is 0.0619 e. The van der Waals surface area contributed by atoms with Gasteiger partial charge in [-0.1, -0.05) is 176 Å². The summed E-state index contributed by atoms with van der Waals surface area (Å²) >= 11 is 0. The van der Waals surface area contributed by atoms with Crippen molar-refractivity contribution in [1.29, 1.82) is 0 Å². The second-order valence-electron chi connectivity index (χ2n) is 18.3. The monoisotopic (exact) mass is 879 g/mol. The molecule has 0 aliphatic carbocycles. The topological polar surface area (TPSA) is 4.93 Å². The highest BCUT2D eigenvalue weighted by atomic mass is 15.0. The number of rotatable bonds is 9. The van der Waals surface area contributed by atoms with E-state index < -0.39 is 0 Å². The third-order valence-electron chi connectivity index (χ3n) is 13.6. The zero-order chi connectivity index (χ0) is 46.3. The number of fused-ring (bicyclic) bond motifs is 3. The zero-order valence-corrected chi connectivity index (χ0v) is 38.8. The van der Waals surface area contributed by atoms with Gasteiger partial charge >= 0.3 is 0 Å². The standard InChI is InChI=1S/C68H49N/c1-46-34-63(54-30-18-28-52(38-54)60-42-56(48-20-8-3-9-21-48)40-57(43-60)49-22-10-4-11-23-49)67-65(36-46)66-37-47(2)35-64(68(66)69(67)62-32-16-7-17-33-62)55-31-19-29-53(39-55)61-44-58(50-24-12-5-13-25-50)41-59(45-61)51-26-14-6-15-27-51/h3-45H,1-2H3. The van der Waals surface area contributed by atoms with Crippen LogP contribution in [0.25, 0.3) is 117 Å². The molecule has 1 heteroatoms. The minimum absolute atomic E-state index is 1.13. The lowest BCUT2D eigenvalue weighted by atomic mass is 9.91. The SMILES string of the molecule is Cc1cc(-c2cccc(-c3cc(-c4ccccc4)cc(-c4ccccc4)c3)c2)c2c(c1)c1cc(C)cc(-c3cccc(-c4cc(-c5ccccc5)cc(-c5ccccc5)c4)c3)c1n2-c1ccccc1. The molecule has 0 saturated carbocycles. The van der Waals surface area contributed by atoms with Gasteiger partial charge in [0.05, 0.1) is 11.0 Å². The van der Waals surface area contributed by atoms with E-state index in [1.807, 2.05) is 0 Å². The second-order valence-corrected chi connectivity index (χ2v) is 18.3. The van der Waals surface area contributed by atoms with E-state index in [0.29, 0.717) is 0 Å². The van der Waals surface area contributed by atoms with Crippen molar-refractivity contribution in [2.24, 2.45) is 0 Å². The van der Waals surface area contributed by atoms with Gasteiger partial charge in [0, 0.05) is 27.6 Å². The molecule has 0 unspecified atom stereocenters. The molecule has 69 heavy (non-hydrogen) atoms. The van der Waals surface area contributed by atoms with Crippen LogP contribution in [0.5, 0.6) is 0 Å². The summed E-state index contributed by atoms with van der Waals surface area (Å²) in [4.78, 5) is 0. The maximum absolute atomic E-state index is 2.53. The average Bonchev–Trinajstić information content (AvgIpc) is 3.75. The first-order chi connectivity index (χ1) is 34.0. The molecule has 11 aromatic carbocycles. The van der Waals surface area contributed by atoms with Crippen LogP contribution in [0.1, 0.15) is 11.1 Å². The van der Waals surface area contributed by atoms with Crippen molar-refractivity contribution in [3.63, 3.8) is 0 Å². The second kappa shape index (κ2) is 17.8. The average molecular weight is 880 g/mol. The molecular formula is C68H49N. The Morgan fingerprint density at radius 2 is 0.478 bits per heavy atom. The van der Waals surface area contributed by atoms with E-state index in [4.69, 9.17) is 0 Å². The van der Waals surface area contributed by atoms with Crippen LogP contribution in [-0.2, 0) is 0 Å². The fourth-order valence-electron chi connectivity index (χ4n) is 10.3. The minimum atomic E-state index is 1.13. The number of nitrogens with zero attached hydrogens (tertiary/aromatic N) is 1. The third kappa shape index (κ3) is 8.05. The molecule has 0 fully saturated rings. The lowest BCUT2D eigenvalue weighted by molar-refractivity contribution is 1.18. The van der Waals surface area contributed by atoms with E-state index in [1.54, 1.807) is 0 Å². The van der Waals surface area contributed by atoms with E-state index >= 15 is 0 Å². The fourth-order valence-corrected chi connectivity index (χ4v) is 10.3. The maximum atomic E-state index is 2.53. The molecular weight excluding hydrogens is 831 g/mol. The summed E-state index contributed by atoms with van der Waals surface area (Å²) in [6.45, 7) is 4.47. The summed E-state index contributed by atoms with van der Waals surface area (Å²) in [5.74, 6) is 0. The van der Waals surface area contributed by atoms with Crippen molar-refractivity contribution < 1.29 is 0 Å². The van der Waals surface area contributed by atoms with E-state index in [-0.39, 0.29) is 0 Å². The molecule has 0 bridgehead atoms. The van der Waals surface area contributed by atoms with Gasteiger partial charge in [0.1, 0.15) is 0 Å². The van der Waals surface area contributed by atoms with E-state index in [9.17, 15) is 0 Å². The van der Waals surface area contributed by atoms with Crippen LogP contribution in [-0.4, -0.2) is 4.57 Å². The number of hydrogen-bond acceptors (Lipinski definition) is 0. The maximum Gasteiger partial charge on any atom is 0.0619 e. The van der Waals surface area contributed by atoms with Gasteiger partial charge in [-0.15, -0.1) is 0 Å². The number of aromatic nitrogens is 1. The Kier molecular flexibility index (Phi) is 10.7. The lowest BCUT2D eigenvalue weighted by Crippen LogP contribution is -1.97. The Bertz CT molecular complexity index is 3460. The van der Waals surface area contributed by atoms with Crippen molar-refractivity contribution in [3.8, 4) is 94.7 Å². The number of benzene rings is 11. The summed E-state index contributed by atoms with van der Waals surface area (Å²) in [6.07, 6.45) is 0. The Morgan fingerprint density at radius 1 is 0.217 bits per heavy atom. The quantitative estimate of drug-likeness (QED) is 0.136. The number of hydrogen-bond donors (Lipinski definition) is 0. The molecule has 0 saturated heterocycles. The normalized spacial score (nSPS) is 11.3. The van der Waals surface area contributed by atoms with Crippen LogP contribution in [0.4, 0.5) is 0 Å². The van der Waals surface area contributed by atoms with Gasteiger partial charge in [-0.2, -0.15) is 0 Å². The highest BCUT2D eigenvalue weighted by molar-refractivity contribution is 6.18. The number of aryl methyl sites for hydroxylation is 2. The highest BCUT2D eigenvalue weighted by Crippen LogP contribution is 2.45. The van der Waals surface area contributed by atoms with Crippen molar-refractivity contribution >= 4 is 21.8 Å². The Morgan fingerprint density at radius 3 is 0.812 bits per heavy atom. The van der Waals surface area contributed by atoms with Crippen LogP contribution < -0.4 is 0 Å². The van der Waals surface area contributed by atoms with Crippen LogP contribution in [0.3, 0.4) is 0 Å². The molecule has 1 heterocycles. The summed E-state index contributed by atoms with van der Waals surface area (Å²) in [6, 6.07) is 95.7. The fraction of sp³-hybridized carbons (Fsp3) is 0.0294. The highest BCUT2D eigenvalue weighted by Gasteiger charge is 2.22. The van der Waals surface area contributed by atoms with Gasteiger partial charge in [-0.3, -0.25) is 0 Å². The van der Waals surface area contributed by atoms with E-state index in [0.717, 1.165) is 5.69 Å². The first kappa shape index (κ1) is 41.6. The van der Waals surface area contributed by atoms with E-state index in [2.05, 4.69) is 279 Å². The van der Waals surface area contributed by atoms with Crippen molar-refractivity contribution in [2.45, 2.75) is 13.8 Å². The van der Waals surface area contributed by atoms with Gasteiger partial charge in [0.15, 0.2) is 0 Å². The Labute approximate surface area is 404 Å². The molecule has 1 nitrogen and oxygen atoms in total. The Balaban J connectivity index is 1.06.